The van der Waals surface area contributed by atoms with Crippen LogP contribution in [0.25, 0.3) is 11.1 Å². The molecule has 0 atom stereocenters. The summed E-state index contributed by atoms with van der Waals surface area (Å²) in [5.41, 5.74) is 11.7. The first-order valence-electron chi connectivity index (χ1n) is 13.4. The number of nitrogen functional groups attached to an aromatic ring is 1. The van der Waals surface area contributed by atoms with Gasteiger partial charge in [-0.25, -0.2) is 4.98 Å². The number of hydrogen-bond donors (Lipinski definition) is 2. The Hall–Kier alpha value is -4.85. The minimum absolute atomic E-state index is 0.119. The number of carboxylic acids is 1. The summed E-state index contributed by atoms with van der Waals surface area (Å²) in [7, 11) is 0. The lowest BCUT2D eigenvalue weighted by Crippen LogP contribution is -2.47. The average Bonchev–Trinajstić information content (AvgIpc) is 3.00. The number of anilines is 3. The third-order valence-electron chi connectivity index (χ3n) is 7.16. The first-order chi connectivity index (χ1) is 19.5. The van der Waals surface area contributed by atoms with Crippen molar-refractivity contribution in [3.05, 3.63) is 108 Å². The summed E-state index contributed by atoms with van der Waals surface area (Å²) in [6.07, 6.45) is 1.70. The number of aliphatic carboxylic acids is 1. The third kappa shape index (κ3) is 6.40. The highest BCUT2D eigenvalue weighted by Crippen LogP contribution is 2.31. The highest BCUT2D eigenvalue weighted by Gasteiger charge is 2.20. The number of rotatable bonds is 9. The summed E-state index contributed by atoms with van der Waals surface area (Å²) in [6.45, 7) is 3.90. The molecule has 1 aromatic heterocycles. The van der Waals surface area contributed by atoms with E-state index in [0.29, 0.717) is 12.1 Å². The average molecular weight is 536 g/mol. The van der Waals surface area contributed by atoms with Gasteiger partial charge in [0.15, 0.2) is 0 Å². The summed E-state index contributed by atoms with van der Waals surface area (Å²) in [5.74, 6) is -0.130. The summed E-state index contributed by atoms with van der Waals surface area (Å²) < 4.78 is 0. The maximum Gasteiger partial charge on any atom is 0.305 e. The number of hydrogen-bond acceptors (Lipinski definition) is 6. The van der Waals surface area contributed by atoms with Crippen LogP contribution in [0, 0.1) is 0 Å². The number of aromatic nitrogens is 1. The minimum atomic E-state index is -0.937. The molecule has 2 heterocycles. The molecule has 1 saturated heterocycles. The van der Waals surface area contributed by atoms with Crippen molar-refractivity contribution in [2.24, 2.45) is 0 Å². The van der Waals surface area contributed by atoms with Gasteiger partial charge in [0.1, 0.15) is 5.82 Å². The predicted octanol–water partition coefficient (Wildman–Crippen LogP) is 4.77. The van der Waals surface area contributed by atoms with E-state index in [2.05, 4.69) is 26.9 Å². The normalized spacial score (nSPS) is 13.2. The number of nitrogens with zero attached hydrogens (tertiary/aromatic N) is 4. The van der Waals surface area contributed by atoms with Gasteiger partial charge < -0.3 is 25.5 Å². The van der Waals surface area contributed by atoms with Crippen LogP contribution >= 0.6 is 0 Å². The molecule has 1 amide bonds. The van der Waals surface area contributed by atoms with Crippen LogP contribution in [0.2, 0.25) is 0 Å². The van der Waals surface area contributed by atoms with E-state index in [1.807, 2.05) is 60.8 Å². The maximum absolute atomic E-state index is 13.2. The lowest BCUT2D eigenvalue weighted by molar-refractivity contribution is -0.137. The van der Waals surface area contributed by atoms with Crippen LogP contribution in [0.5, 0.6) is 0 Å². The van der Waals surface area contributed by atoms with Crippen LogP contribution in [-0.2, 0) is 11.3 Å². The molecular formula is C32H33N5O3. The van der Waals surface area contributed by atoms with Crippen LogP contribution in [-0.4, -0.2) is 59.6 Å². The molecule has 0 saturated carbocycles. The van der Waals surface area contributed by atoms with Gasteiger partial charge in [-0.2, -0.15) is 0 Å². The van der Waals surface area contributed by atoms with Crippen LogP contribution in [0.4, 0.5) is 17.2 Å². The van der Waals surface area contributed by atoms with Crippen LogP contribution in [0.3, 0.4) is 0 Å². The maximum atomic E-state index is 13.2. The van der Waals surface area contributed by atoms with Crippen LogP contribution in [0.1, 0.15) is 22.3 Å². The second-order valence-corrected chi connectivity index (χ2v) is 9.87. The van der Waals surface area contributed by atoms with Crippen molar-refractivity contribution in [3.63, 3.8) is 0 Å². The molecule has 0 aliphatic carbocycles. The molecule has 3 aromatic carbocycles. The Labute approximate surface area is 234 Å². The molecule has 204 valence electrons. The van der Waals surface area contributed by atoms with Crippen molar-refractivity contribution >= 4 is 29.1 Å². The van der Waals surface area contributed by atoms with Crippen molar-refractivity contribution < 1.29 is 14.7 Å². The Bertz CT molecular complexity index is 1450. The number of nitrogens with two attached hydrogens (primary N) is 1. The highest BCUT2D eigenvalue weighted by atomic mass is 16.4. The first-order valence-corrected chi connectivity index (χ1v) is 13.4. The third-order valence-corrected chi connectivity index (χ3v) is 7.16. The van der Waals surface area contributed by atoms with E-state index in [4.69, 9.17) is 5.73 Å². The van der Waals surface area contributed by atoms with Gasteiger partial charge in [0.25, 0.3) is 5.91 Å². The second-order valence-electron chi connectivity index (χ2n) is 9.87. The lowest BCUT2D eigenvalue weighted by Gasteiger charge is -2.37. The largest absolute Gasteiger partial charge is 0.481 e. The molecule has 0 radical (unpaired) electrons. The predicted molar refractivity (Wildman–Crippen MR) is 158 cm³/mol. The van der Waals surface area contributed by atoms with E-state index in [1.165, 1.54) is 0 Å². The monoisotopic (exact) mass is 535 g/mol. The van der Waals surface area contributed by atoms with Crippen molar-refractivity contribution in [2.45, 2.75) is 13.0 Å². The van der Waals surface area contributed by atoms with Crippen molar-refractivity contribution in [3.8, 4) is 11.1 Å². The van der Waals surface area contributed by atoms with Crippen molar-refractivity contribution in [1.82, 2.24) is 9.88 Å². The van der Waals surface area contributed by atoms with Crippen molar-refractivity contribution in [1.29, 1.82) is 0 Å². The van der Waals surface area contributed by atoms with Gasteiger partial charge in [-0.3, -0.25) is 9.59 Å². The summed E-state index contributed by atoms with van der Waals surface area (Å²) >= 11 is 0. The zero-order valence-electron chi connectivity index (χ0n) is 22.3. The molecule has 1 fully saturated rings. The van der Waals surface area contributed by atoms with E-state index in [1.54, 1.807) is 29.2 Å². The molecule has 3 N–H and O–H groups in total. The molecule has 8 heteroatoms. The molecule has 40 heavy (non-hydrogen) atoms. The molecule has 8 nitrogen and oxygen atoms in total. The second kappa shape index (κ2) is 12.3. The fourth-order valence-electron chi connectivity index (χ4n) is 5.06. The van der Waals surface area contributed by atoms with Gasteiger partial charge in [-0.1, -0.05) is 48.5 Å². The van der Waals surface area contributed by atoms with Gasteiger partial charge >= 0.3 is 5.97 Å². The SMILES string of the molecule is Nc1cc(-c2cccc(CN(CCC(=O)O)C(=O)c3ccccc3)c2)ccc1N1CCN(c2ccccn2)CC1. The zero-order chi connectivity index (χ0) is 27.9. The van der Waals surface area contributed by atoms with Gasteiger partial charge in [0.2, 0.25) is 0 Å². The molecule has 1 aliphatic rings. The smallest absolute Gasteiger partial charge is 0.305 e. The molecular weight excluding hydrogens is 502 g/mol. The minimum Gasteiger partial charge on any atom is -0.481 e. The fourth-order valence-corrected chi connectivity index (χ4v) is 5.06. The first kappa shape index (κ1) is 26.7. The van der Waals surface area contributed by atoms with Gasteiger partial charge in [-0.05, 0) is 59.2 Å². The van der Waals surface area contributed by atoms with Crippen LogP contribution < -0.4 is 15.5 Å². The molecule has 5 rings (SSSR count). The highest BCUT2D eigenvalue weighted by molar-refractivity contribution is 5.94. The fraction of sp³-hybridized carbons (Fsp3) is 0.219. The molecule has 4 aromatic rings. The summed E-state index contributed by atoms with van der Waals surface area (Å²) in [5, 5.41) is 9.22. The number of carbonyl (C=O) groups excluding carboxylic acids is 1. The molecule has 0 spiro atoms. The number of amides is 1. The van der Waals surface area contributed by atoms with Crippen molar-refractivity contribution in [2.75, 3.05) is 48.3 Å². The van der Waals surface area contributed by atoms with Gasteiger partial charge in [0, 0.05) is 51.0 Å². The zero-order valence-corrected chi connectivity index (χ0v) is 22.3. The Morgan fingerprint density at radius 1 is 0.825 bits per heavy atom. The molecule has 0 unspecified atom stereocenters. The standard InChI is InChI=1S/C32H33N5O3/c33-28-22-27(12-13-29(28)35-17-19-36(20-18-35)30-11-4-5-15-34-30)26-10-6-7-24(21-26)23-37(16-14-31(38)39)32(40)25-8-2-1-3-9-25/h1-13,15,21-22H,14,16-20,23,33H2,(H,38,39). The Morgan fingerprint density at radius 2 is 1.55 bits per heavy atom. The van der Waals surface area contributed by atoms with E-state index in [0.717, 1.165) is 60.1 Å². The van der Waals surface area contributed by atoms with E-state index in [9.17, 15) is 14.7 Å². The number of benzene rings is 3. The Morgan fingerprint density at radius 3 is 2.25 bits per heavy atom. The lowest BCUT2D eigenvalue weighted by atomic mass is 10.0. The van der Waals surface area contributed by atoms with E-state index >= 15 is 0 Å². The summed E-state index contributed by atoms with van der Waals surface area (Å²) in [4.78, 5) is 35.1. The molecule has 1 aliphatic heterocycles. The van der Waals surface area contributed by atoms with Crippen LogP contribution in [0.15, 0.2) is 97.2 Å². The number of carboxylic acid groups (broad SMARTS) is 1. The van der Waals surface area contributed by atoms with Gasteiger partial charge in [-0.15, -0.1) is 0 Å². The topological polar surface area (TPSA) is 103 Å². The van der Waals surface area contributed by atoms with Gasteiger partial charge in [0.05, 0.1) is 17.8 Å². The molecule has 0 bridgehead atoms. The number of piperazine rings is 1. The van der Waals surface area contributed by atoms with E-state index in [-0.39, 0.29) is 18.9 Å². The summed E-state index contributed by atoms with van der Waals surface area (Å²) in [6, 6.07) is 29.0. The number of carbonyl (C=O) groups is 2. The Balaban J connectivity index is 1.29. The number of pyridine rings is 1. The Kier molecular flexibility index (Phi) is 8.25. The quantitative estimate of drug-likeness (QED) is 0.298. The van der Waals surface area contributed by atoms with E-state index < -0.39 is 5.97 Å².